The molecule has 0 bridgehead atoms. The Balaban J connectivity index is 1.87. The molecule has 1 spiro atoms. The lowest BCUT2D eigenvalue weighted by Crippen LogP contribution is -2.50. The van der Waals surface area contributed by atoms with Crippen LogP contribution in [-0.4, -0.2) is 41.3 Å². The zero-order valence-corrected chi connectivity index (χ0v) is 18.1. The first kappa shape index (κ1) is 19.9. The molecule has 5 heteroatoms. The van der Waals surface area contributed by atoms with Gasteiger partial charge in [-0.25, -0.2) is 0 Å². The number of amides is 1. The van der Waals surface area contributed by atoms with Crippen LogP contribution >= 0.6 is 11.6 Å². The highest BCUT2D eigenvalue weighted by atomic mass is 35.5. The largest absolute Gasteiger partial charge is 0.293 e. The molecule has 1 aliphatic carbocycles. The van der Waals surface area contributed by atoms with Crippen molar-refractivity contribution in [1.29, 1.82) is 0 Å². The Morgan fingerprint density at radius 2 is 1.61 bits per heavy atom. The summed E-state index contributed by atoms with van der Waals surface area (Å²) in [5.41, 5.74) is 0.328. The van der Waals surface area contributed by atoms with Crippen molar-refractivity contribution in [2.75, 3.05) is 18.0 Å². The maximum absolute atomic E-state index is 14.0. The molecule has 0 N–H and O–H groups in total. The van der Waals surface area contributed by atoms with Gasteiger partial charge in [0.25, 0.3) is 0 Å². The second-order valence-corrected chi connectivity index (χ2v) is 10.1. The lowest BCUT2D eigenvalue weighted by Gasteiger charge is -2.40. The van der Waals surface area contributed by atoms with Gasteiger partial charge in [0, 0.05) is 5.02 Å². The van der Waals surface area contributed by atoms with E-state index in [9.17, 15) is 4.79 Å². The Hall–Kier alpha value is -1.39. The molecule has 0 radical (unpaired) electrons. The average Bonchev–Trinajstić information content (AvgIpc) is 3.23. The number of carbonyl (C=O) groups excluding carboxylic acids is 1. The summed E-state index contributed by atoms with van der Waals surface area (Å²) in [6.07, 6.45) is 7.87. The van der Waals surface area contributed by atoms with E-state index in [-0.39, 0.29) is 22.9 Å². The fraction of sp³-hybridized carbons (Fsp3) is 0.652. The molecular weight excluding hydrogens is 370 g/mol. The minimum absolute atomic E-state index is 0.0951. The molecule has 1 saturated carbocycles. The Bertz CT molecular complexity index is 753. The lowest BCUT2D eigenvalue weighted by atomic mass is 9.69. The number of halogens is 1. The monoisotopic (exact) mass is 401 g/mol. The first-order chi connectivity index (χ1) is 13.3. The third-order valence-corrected chi connectivity index (χ3v) is 6.66. The minimum atomic E-state index is -0.327. The van der Waals surface area contributed by atoms with Crippen molar-refractivity contribution in [3.63, 3.8) is 0 Å². The predicted octanol–water partition coefficient (Wildman–Crippen LogP) is 5.30. The minimum Gasteiger partial charge on any atom is -0.293 e. The van der Waals surface area contributed by atoms with Gasteiger partial charge in [-0.1, -0.05) is 30.9 Å². The average molecular weight is 402 g/mol. The van der Waals surface area contributed by atoms with Crippen LogP contribution in [0, 0.1) is 5.41 Å². The van der Waals surface area contributed by atoms with Crippen molar-refractivity contribution in [1.82, 2.24) is 4.90 Å². The molecule has 4 nitrogen and oxygen atoms in total. The maximum Gasteiger partial charge on any atom is 0.240 e. The zero-order chi connectivity index (χ0) is 19.9. The summed E-state index contributed by atoms with van der Waals surface area (Å²) in [7, 11) is 0. The smallest absolute Gasteiger partial charge is 0.240 e. The molecular formula is C23H32ClN3O. The molecule has 1 aromatic carbocycles. The van der Waals surface area contributed by atoms with Crippen molar-refractivity contribution in [2.24, 2.45) is 10.4 Å². The molecule has 4 rings (SSSR count). The van der Waals surface area contributed by atoms with Crippen molar-refractivity contribution in [3.05, 3.63) is 29.3 Å². The molecule has 3 fully saturated rings. The Morgan fingerprint density at radius 1 is 1.00 bits per heavy atom. The molecule has 0 unspecified atom stereocenters. The van der Waals surface area contributed by atoms with Crippen LogP contribution < -0.4 is 4.90 Å². The van der Waals surface area contributed by atoms with Crippen LogP contribution in [0.4, 0.5) is 5.69 Å². The summed E-state index contributed by atoms with van der Waals surface area (Å²) in [5, 5.41) is 0.688. The zero-order valence-electron chi connectivity index (χ0n) is 17.4. The summed E-state index contributed by atoms with van der Waals surface area (Å²) >= 11 is 6.13. The lowest BCUT2D eigenvalue weighted by molar-refractivity contribution is -0.129. The molecule has 1 aromatic rings. The van der Waals surface area contributed by atoms with Gasteiger partial charge in [-0.15, -0.1) is 0 Å². The molecule has 3 aliphatic rings. The topological polar surface area (TPSA) is 35.9 Å². The van der Waals surface area contributed by atoms with Crippen LogP contribution in [0.15, 0.2) is 29.3 Å². The number of rotatable bonds is 2. The van der Waals surface area contributed by atoms with E-state index in [0.29, 0.717) is 5.02 Å². The number of hydrogen-bond acceptors (Lipinski definition) is 3. The highest BCUT2D eigenvalue weighted by molar-refractivity contribution is 6.31. The van der Waals surface area contributed by atoms with Crippen molar-refractivity contribution >= 4 is 29.0 Å². The van der Waals surface area contributed by atoms with Gasteiger partial charge in [0.2, 0.25) is 5.91 Å². The summed E-state index contributed by atoms with van der Waals surface area (Å²) in [6, 6.07) is 7.76. The molecule has 0 aromatic heterocycles. The van der Waals surface area contributed by atoms with E-state index in [0.717, 1.165) is 50.3 Å². The molecule has 2 aliphatic heterocycles. The van der Waals surface area contributed by atoms with E-state index in [2.05, 4.69) is 25.7 Å². The highest BCUT2D eigenvalue weighted by Crippen LogP contribution is 2.50. The number of amidine groups is 1. The van der Waals surface area contributed by atoms with Gasteiger partial charge >= 0.3 is 0 Å². The van der Waals surface area contributed by atoms with Gasteiger partial charge in [0.1, 0.15) is 5.84 Å². The molecule has 28 heavy (non-hydrogen) atoms. The fourth-order valence-corrected chi connectivity index (χ4v) is 5.42. The molecule has 1 atom stereocenters. The second-order valence-electron chi connectivity index (χ2n) is 9.62. The first-order valence-corrected chi connectivity index (χ1v) is 11.1. The van der Waals surface area contributed by atoms with Crippen LogP contribution in [0.3, 0.4) is 0 Å². The van der Waals surface area contributed by atoms with E-state index in [1.54, 1.807) is 0 Å². The van der Waals surface area contributed by atoms with E-state index >= 15 is 0 Å². The summed E-state index contributed by atoms with van der Waals surface area (Å²) in [4.78, 5) is 23.7. The van der Waals surface area contributed by atoms with Crippen molar-refractivity contribution in [3.8, 4) is 0 Å². The first-order valence-electron chi connectivity index (χ1n) is 10.8. The van der Waals surface area contributed by atoms with Gasteiger partial charge in [-0.05, 0) is 83.8 Å². The number of benzene rings is 1. The number of likely N-dealkylation sites (tertiary alicyclic amines) is 1. The normalized spacial score (nSPS) is 27.3. The molecule has 1 amide bonds. The van der Waals surface area contributed by atoms with Crippen LogP contribution in [0.1, 0.15) is 65.7 Å². The van der Waals surface area contributed by atoms with E-state index in [4.69, 9.17) is 16.6 Å². The number of nitrogens with zero attached hydrogens (tertiary/aromatic N) is 3. The third-order valence-electron chi connectivity index (χ3n) is 6.41. The second kappa shape index (κ2) is 7.46. The standard InChI is InChI=1S/C23H32ClN3O/c1-22(2,3)25-20-19(26-15-7-8-16-26)23(13-5-4-6-14-23)21(28)27(20)18-11-9-17(24)10-12-18/h9-12,19H,4-8,13-16H2,1-3H3/t19-/m0/s1. The quantitative estimate of drug-likeness (QED) is 0.674. The van der Waals surface area contributed by atoms with E-state index < -0.39 is 0 Å². The number of hydrogen-bond donors (Lipinski definition) is 0. The molecule has 2 saturated heterocycles. The van der Waals surface area contributed by atoms with Crippen molar-refractivity contribution < 1.29 is 4.79 Å². The summed E-state index contributed by atoms with van der Waals surface area (Å²) < 4.78 is 0. The highest BCUT2D eigenvalue weighted by Gasteiger charge is 2.60. The van der Waals surface area contributed by atoms with Crippen LogP contribution in [0.5, 0.6) is 0 Å². The van der Waals surface area contributed by atoms with Crippen LogP contribution in [-0.2, 0) is 4.79 Å². The predicted molar refractivity (Wildman–Crippen MR) is 116 cm³/mol. The summed E-state index contributed by atoms with van der Waals surface area (Å²) in [6.45, 7) is 8.50. The Kier molecular flexibility index (Phi) is 5.30. The van der Waals surface area contributed by atoms with Gasteiger partial charge in [0.05, 0.1) is 22.7 Å². The van der Waals surface area contributed by atoms with E-state index in [1.807, 2.05) is 29.2 Å². The molecule has 152 valence electrons. The van der Waals surface area contributed by atoms with Gasteiger partial charge < -0.3 is 0 Å². The number of carbonyl (C=O) groups is 1. The van der Waals surface area contributed by atoms with Crippen molar-refractivity contribution in [2.45, 2.75) is 77.3 Å². The van der Waals surface area contributed by atoms with Gasteiger partial charge in [-0.3, -0.25) is 19.6 Å². The maximum atomic E-state index is 14.0. The summed E-state index contributed by atoms with van der Waals surface area (Å²) in [5.74, 6) is 1.19. The number of anilines is 1. The SMILES string of the molecule is CC(C)(C)N=C1[C@H](N2CCCC2)C2(CCCCC2)C(=O)N1c1ccc(Cl)cc1. The third kappa shape index (κ3) is 3.50. The van der Waals surface area contributed by atoms with Crippen LogP contribution in [0.25, 0.3) is 0 Å². The van der Waals surface area contributed by atoms with E-state index in [1.165, 1.54) is 19.3 Å². The number of aliphatic imine (C=N–C) groups is 1. The Labute approximate surface area is 173 Å². The van der Waals surface area contributed by atoms with Crippen LogP contribution in [0.2, 0.25) is 5.02 Å². The fourth-order valence-electron chi connectivity index (χ4n) is 5.29. The van der Waals surface area contributed by atoms with Gasteiger partial charge in [0.15, 0.2) is 0 Å². The Morgan fingerprint density at radius 3 is 2.18 bits per heavy atom. The van der Waals surface area contributed by atoms with Gasteiger partial charge in [-0.2, -0.15) is 0 Å². The molecule has 2 heterocycles.